The lowest BCUT2D eigenvalue weighted by atomic mass is 9.92. The van der Waals surface area contributed by atoms with Crippen molar-refractivity contribution in [3.8, 4) is 0 Å². The van der Waals surface area contributed by atoms with Gasteiger partial charge in [-0.25, -0.2) is 4.98 Å². The first-order valence-corrected chi connectivity index (χ1v) is 8.90. The van der Waals surface area contributed by atoms with Gasteiger partial charge in [0.05, 0.1) is 6.33 Å². The Hall–Kier alpha value is -1.77. The summed E-state index contributed by atoms with van der Waals surface area (Å²) in [6.07, 6.45) is 8.80. The fraction of sp³-hybridized carbons (Fsp3) is 0.250. The molecule has 24 heavy (non-hydrogen) atoms. The largest absolute Gasteiger partial charge is 0.337 e. The second-order valence-electron chi connectivity index (χ2n) is 6.09. The van der Waals surface area contributed by atoms with Crippen LogP contribution in [-0.2, 0) is 19.4 Å². The molecule has 0 radical (unpaired) electrons. The molecule has 0 amide bonds. The highest BCUT2D eigenvalue weighted by molar-refractivity contribution is 6.31. The lowest BCUT2D eigenvalue weighted by Gasteiger charge is -2.18. The van der Waals surface area contributed by atoms with E-state index in [9.17, 15) is 0 Å². The van der Waals surface area contributed by atoms with Gasteiger partial charge in [0.15, 0.2) is 0 Å². The SMILES string of the molecule is Clc1ccc(CCC(Cc2ccccc2Cl)Cn2ccnc2)cc1. The summed E-state index contributed by atoms with van der Waals surface area (Å²) in [4.78, 5) is 4.15. The fourth-order valence-electron chi connectivity index (χ4n) is 2.95. The standard InChI is InChI=1S/C20H20Cl2N2/c21-19-9-7-16(8-10-19)5-6-17(14-24-12-11-23-15-24)13-18-3-1-2-4-20(18)22/h1-4,7-12,15,17H,5-6,13-14H2. The van der Waals surface area contributed by atoms with Gasteiger partial charge in [0, 0.05) is 29.0 Å². The van der Waals surface area contributed by atoms with Crippen LogP contribution < -0.4 is 0 Å². The average molecular weight is 359 g/mol. The number of halogens is 2. The van der Waals surface area contributed by atoms with E-state index in [0.717, 1.165) is 35.9 Å². The molecule has 1 heterocycles. The highest BCUT2D eigenvalue weighted by Gasteiger charge is 2.13. The van der Waals surface area contributed by atoms with Gasteiger partial charge in [0.2, 0.25) is 0 Å². The molecule has 0 saturated heterocycles. The minimum Gasteiger partial charge on any atom is -0.337 e. The van der Waals surface area contributed by atoms with Crippen molar-refractivity contribution < 1.29 is 0 Å². The first-order chi connectivity index (χ1) is 11.7. The van der Waals surface area contributed by atoms with Crippen molar-refractivity contribution in [3.63, 3.8) is 0 Å². The Kier molecular flexibility index (Phi) is 5.95. The zero-order chi connectivity index (χ0) is 16.8. The maximum Gasteiger partial charge on any atom is 0.0945 e. The monoisotopic (exact) mass is 358 g/mol. The molecule has 0 spiro atoms. The lowest BCUT2D eigenvalue weighted by Crippen LogP contribution is -2.14. The predicted molar refractivity (Wildman–Crippen MR) is 101 cm³/mol. The minimum absolute atomic E-state index is 0.495. The Balaban J connectivity index is 1.69. The molecule has 0 fully saturated rings. The normalized spacial score (nSPS) is 12.2. The number of aryl methyl sites for hydroxylation is 1. The van der Waals surface area contributed by atoms with Crippen LogP contribution in [0, 0.1) is 5.92 Å². The topological polar surface area (TPSA) is 17.8 Å². The summed E-state index contributed by atoms with van der Waals surface area (Å²) in [5.41, 5.74) is 2.52. The molecule has 124 valence electrons. The molecule has 2 nitrogen and oxygen atoms in total. The van der Waals surface area contributed by atoms with Gasteiger partial charge in [-0.2, -0.15) is 0 Å². The van der Waals surface area contributed by atoms with Crippen LogP contribution in [0.15, 0.2) is 67.3 Å². The second kappa shape index (κ2) is 8.36. The summed E-state index contributed by atoms with van der Waals surface area (Å²) in [5, 5.41) is 1.63. The number of hydrogen-bond acceptors (Lipinski definition) is 1. The van der Waals surface area contributed by atoms with E-state index in [2.05, 4.69) is 33.8 Å². The summed E-state index contributed by atoms with van der Waals surface area (Å²) in [7, 11) is 0. The summed E-state index contributed by atoms with van der Waals surface area (Å²) in [5.74, 6) is 0.495. The maximum atomic E-state index is 6.35. The van der Waals surface area contributed by atoms with Gasteiger partial charge >= 0.3 is 0 Å². The Bertz CT molecular complexity index is 752. The van der Waals surface area contributed by atoms with Crippen LogP contribution in [0.4, 0.5) is 0 Å². The van der Waals surface area contributed by atoms with Crippen molar-refractivity contribution in [1.82, 2.24) is 9.55 Å². The first kappa shape index (κ1) is 17.1. The molecule has 1 unspecified atom stereocenters. The van der Waals surface area contributed by atoms with Gasteiger partial charge in [0.25, 0.3) is 0 Å². The third kappa shape index (κ3) is 4.86. The molecule has 0 aliphatic heterocycles. The zero-order valence-corrected chi connectivity index (χ0v) is 14.9. The molecular formula is C20H20Cl2N2. The van der Waals surface area contributed by atoms with Crippen molar-refractivity contribution in [2.24, 2.45) is 5.92 Å². The van der Waals surface area contributed by atoms with Crippen LogP contribution in [0.3, 0.4) is 0 Å². The highest BCUT2D eigenvalue weighted by Crippen LogP contribution is 2.23. The molecule has 3 aromatic rings. The quantitative estimate of drug-likeness (QED) is 0.531. The molecule has 0 bridgehead atoms. The second-order valence-corrected chi connectivity index (χ2v) is 6.93. The fourth-order valence-corrected chi connectivity index (χ4v) is 3.29. The number of imidazole rings is 1. The maximum absolute atomic E-state index is 6.35. The zero-order valence-electron chi connectivity index (χ0n) is 13.4. The summed E-state index contributed by atoms with van der Waals surface area (Å²) in [6, 6.07) is 16.2. The van der Waals surface area contributed by atoms with Crippen molar-refractivity contribution in [3.05, 3.63) is 88.4 Å². The number of hydrogen-bond donors (Lipinski definition) is 0. The van der Waals surface area contributed by atoms with Crippen molar-refractivity contribution in [1.29, 1.82) is 0 Å². The van der Waals surface area contributed by atoms with Crippen LogP contribution in [0.2, 0.25) is 10.0 Å². The van der Waals surface area contributed by atoms with E-state index in [1.807, 2.05) is 43.0 Å². The average Bonchev–Trinajstić information content (AvgIpc) is 3.09. The van der Waals surface area contributed by atoms with E-state index >= 15 is 0 Å². The van der Waals surface area contributed by atoms with Crippen molar-refractivity contribution >= 4 is 23.2 Å². The molecule has 4 heteroatoms. The van der Waals surface area contributed by atoms with E-state index in [-0.39, 0.29) is 0 Å². The predicted octanol–water partition coefficient (Wildman–Crippen LogP) is 5.68. The molecule has 3 rings (SSSR count). The molecule has 1 atom stereocenters. The van der Waals surface area contributed by atoms with Gasteiger partial charge in [-0.05, 0) is 54.5 Å². The van der Waals surface area contributed by atoms with Crippen molar-refractivity contribution in [2.45, 2.75) is 25.8 Å². The molecule has 0 aliphatic carbocycles. The molecular weight excluding hydrogens is 339 g/mol. The van der Waals surface area contributed by atoms with Gasteiger partial charge in [-0.1, -0.05) is 53.5 Å². The Labute approximate surface area is 153 Å². The van der Waals surface area contributed by atoms with Crippen LogP contribution in [0.1, 0.15) is 17.5 Å². The number of benzene rings is 2. The molecule has 1 aromatic heterocycles. The summed E-state index contributed by atoms with van der Waals surface area (Å²) >= 11 is 12.3. The molecule has 2 aromatic carbocycles. The molecule has 0 saturated carbocycles. The Morgan fingerprint density at radius 1 is 1.00 bits per heavy atom. The lowest BCUT2D eigenvalue weighted by molar-refractivity contribution is 0.412. The number of aromatic nitrogens is 2. The van der Waals surface area contributed by atoms with Gasteiger partial charge in [-0.3, -0.25) is 0 Å². The first-order valence-electron chi connectivity index (χ1n) is 8.14. The van der Waals surface area contributed by atoms with E-state index in [4.69, 9.17) is 23.2 Å². The molecule has 0 N–H and O–H groups in total. The van der Waals surface area contributed by atoms with Crippen LogP contribution >= 0.6 is 23.2 Å². The summed E-state index contributed by atoms with van der Waals surface area (Å²) < 4.78 is 2.14. The van der Waals surface area contributed by atoms with E-state index < -0.39 is 0 Å². The molecule has 0 aliphatic rings. The Morgan fingerprint density at radius 3 is 2.50 bits per heavy atom. The van der Waals surface area contributed by atoms with E-state index in [1.54, 1.807) is 0 Å². The number of rotatable bonds is 7. The van der Waals surface area contributed by atoms with Crippen molar-refractivity contribution in [2.75, 3.05) is 0 Å². The van der Waals surface area contributed by atoms with Crippen LogP contribution in [-0.4, -0.2) is 9.55 Å². The third-order valence-electron chi connectivity index (χ3n) is 4.25. The highest BCUT2D eigenvalue weighted by atomic mass is 35.5. The summed E-state index contributed by atoms with van der Waals surface area (Å²) in [6.45, 7) is 0.943. The Morgan fingerprint density at radius 2 is 1.79 bits per heavy atom. The van der Waals surface area contributed by atoms with Gasteiger partial charge in [0.1, 0.15) is 0 Å². The minimum atomic E-state index is 0.495. The number of nitrogens with zero attached hydrogens (tertiary/aromatic N) is 2. The van der Waals surface area contributed by atoms with Crippen LogP contribution in [0.25, 0.3) is 0 Å². The van der Waals surface area contributed by atoms with Gasteiger partial charge < -0.3 is 4.57 Å². The third-order valence-corrected chi connectivity index (χ3v) is 4.87. The van der Waals surface area contributed by atoms with Gasteiger partial charge in [-0.15, -0.1) is 0 Å². The smallest absolute Gasteiger partial charge is 0.0945 e. The van der Waals surface area contributed by atoms with E-state index in [0.29, 0.717) is 5.92 Å². The van der Waals surface area contributed by atoms with E-state index in [1.165, 1.54) is 11.1 Å². The van der Waals surface area contributed by atoms with Crippen LogP contribution in [0.5, 0.6) is 0 Å².